The number of carbonyl (C=O) groups excluding carboxylic acids is 1. The van der Waals surface area contributed by atoms with E-state index in [1.807, 2.05) is 13.8 Å². The number of rotatable bonds is 5. The predicted octanol–water partition coefficient (Wildman–Crippen LogP) is 0.708. The molecule has 1 heterocycles. The van der Waals surface area contributed by atoms with Crippen LogP contribution in [0.4, 0.5) is 0 Å². The second-order valence-corrected chi connectivity index (χ2v) is 3.70. The van der Waals surface area contributed by atoms with Crippen LogP contribution >= 0.6 is 0 Å². The fraction of sp³-hybridized carbons (Fsp3) is 0.900. The molecule has 1 fully saturated rings. The summed E-state index contributed by atoms with van der Waals surface area (Å²) in [5.74, 6) is -0.158. The summed E-state index contributed by atoms with van der Waals surface area (Å²) < 4.78 is 10.2. The highest BCUT2D eigenvalue weighted by Gasteiger charge is 2.37. The SMILES string of the molecule is CCOCCOC(=O)C1(C)CCCN1. The van der Waals surface area contributed by atoms with Gasteiger partial charge in [-0.3, -0.25) is 4.79 Å². The first kappa shape index (κ1) is 11.5. The van der Waals surface area contributed by atoms with Crippen LogP contribution in [-0.4, -0.2) is 37.9 Å². The molecular weight excluding hydrogens is 182 g/mol. The van der Waals surface area contributed by atoms with E-state index in [1.54, 1.807) is 0 Å². The Labute approximate surface area is 85.0 Å². The third kappa shape index (κ3) is 2.96. The molecule has 1 atom stereocenters. The largest absolute Gasteiger partial charge is 0.462 e. The Morgan fingerprint density at radius 2 is 2.29 bits per heavy atom. The van der Waals surface area contributed by atoms with Crippen LogP contribution in [0.15, 0.2) is 0 Å². The Morgan fingerprint density at radius 1 is 1.50 bits per heavy atom. The number of carbonyl (C=O) groups is 1. The third-order valence-electron chi connectivity index (χ3n) is 2.48. The molecule has 82 valence electrons. The van der Waals surface area contributed by atoms with E-state index in [4.69, 9.17) is 9.47 Å². The van der Waals surface area contributed by atoms with Gasteiger partial charge in [0.15, 0.2) is 0 Å². The van der Waals surface area contributed by atoms with Crippen molar-refractivity contribution >= 4 is 5.97 Å². The highest BCUT2D eigenvalue weighted by Crippen LogP contribution is 2.19. The minimum atomic E-state index is -0.466. The molecule has 4 heteroatoms. The van der Waals surface area contributed by atoms with Crippen LogP contribution in [0.1, 0.15) is 26.7 Å². The first-order chi connectivity index (χ1) is 6.69. The molecule has 0 bridgehead atoms. The van der Waals surface area contributed by atoms with Gasteiger partial charge in [0.05, 0.1) is 6.61 Å². The van der Waals surface area contributed by atoms with Crippen LogP contribution in [0.2, 0.25) is 0 Å². The van der Waals surface area contributed by atoms with Gasteiger partial charge in [-0.05, 0) is 33.2 Å². The van der Waals surface area contributed by atoms with Gasteiger partial charge in [-0.25, -0.2) is 0 Å². The maximum atomic E-state index is 11.6. The standard InChI is InChI=1S/C10H19NO3/c1-3-13-7-8-14-9(12)10(2)5-4-6-11-10/h11H,3-8H2,1-2H3. The van der Waals surface area contributed by atoms with Crippen molar-refractivity contribution in [1.29, 1.82) is 0 Å². The Hall–Kier alpha value is -0.610. The molecule has 1 rings (SSSR count). The summed E-state index contributed by atoms with van der Waals surface area (Å²) in [6.07, 6.45) is 1.90. The number of nitrogens with one attached hydrogen (secondary N) is 1. The normalized spacial score (nSPS) is 26.4. The van der Waals surface area contributed by atoms with Crippen LogP contribution in [0, 0.1) is 0 Å². The van der Waals surface area contributed by atoms with Crippen LogP contribution in [0.25, 0.3) is 0 Å². The molecular formula is C10H19NO3. The second-order valence-electron chi connectivity index (χ2n) is 3.70. The van der Waals surface area contributed by atoms with E-state index in [9.17, 15) is 4.79 Å². The summed E-state index contributed by atoms with van der Waals surface area (Å²) in [6, 6.07) is 0. The van der Waals surface area contributed by atoms with Crippen molar-refractivity contribution in [2.75, 3.05) is 26.4 Å². The fourth-order valence-corrected chi connectivity index (χ4v) is 1.57. The molecule has 0 radical (unpaired) electrons. The van der Waals surface area contributed by atoms with Crippen molar-refractivity contribution in [1.82, 2.24) is 5.32 Å². The van der Waals surface area contributed by atoms with Gasteiger partial charge in [-0.1, -0.05) is 0 Å². The summed E-state index contributed by atoms with van der Waals surface area (Å²) in [6.45, 7) is 6.21. The molecule has 0 saturated carbocycles. The average molecular weight is 201 g/mol. The zero-order valence-electron chi connectivity index (χ0n) is 8.97. The molecule has 0 aromatic carbocycles. The Kier molecular flexibility index (Phi) is 4.35. The molecule has 1 N–H and O–H groups in total. The van der Waals surface area contributed by atoms with E-state index in [2.05, 4.69) is 5.32 Å². The second kappa shape index (κ2) is 5.32. The van der Waals surface area contributed by atoms with E-state index >= 15 is 0 Å². The van der Waals surface area contributed by atoms with E-state index in [0.717, 1.165) is 19.4 Å². The molecule has 0 aromatic heterocycles. The van der Waals surface area contributed by atoms with E-state index < -0.39 is 5.54 Å². The van der Waals surface area contributed by atoms with Crippen molar-refractivity contribution in [2.45, 2.75) is 32.2 Å². The summed E-state index contributed by atoms with van der Waals surface area (Å²) in [5.41, 5.74) is -0.466. The van der Waals surface area contributed by atoms with Crippen molar-refractivity contribution in [3.05, 3.63) is 0 Å². The van der Waals surface area contributed by atoms with Crippen LogP contribution in [0.3, 0.4) is 0 Å². The summed E-state index contributed by atoms with van der Waals surface area (Å²) in [7, 11) is 0. The van der Waals surface area contributed by atoms with Gasteiger partial charge in [0.1, 0.15) is 12.1 Å². The third-order valence-corrected chi connectivity index (χ3v) is 2.48. The Bertz CT molecular complexity index is 188. The highest BCUT2D eigenvalue weighted by molar-refractivity contribution is 5.80. The van der Waals surface area contributed by atoms with Crippen molar-refractivity contribution in [2.24, 2.45) is 0 Å². The van der Waals surface area contributed by atoms with Gasteiger partial charge in [-0.15, -0.1) is 0 Å². The van der Waals surface area contributed by atoms with E-state index in [1.165, 1.54) is 0 Å². The van der Waals surface area contributed by atoms with Crippen molar-refractivity contribution in [3.63, 3.8) is 0 Å². The van der Waals surface area contributed by atoms with E-state index in [-0.39, 0.29) is 5.97 Å². The number of esters is 1. The summed E-state index contributed by atoms with van der Waals surface area (Å²) >= 11 is 0. The van der Waals surface area contributed by atoms with Gasteiger partial charge >= 0.3 is 5.97 Å². The van der Waals surface area contributed by atoms with Gasteiger partial charge in [0, 0.05) is 6.61 Å². The molecule has 1 saturated heterocycles. The monoisotopic (exact) mass is 201 g/mol. The van der Waals surface area contributed by atoms with Gasteiger partial charge in [0.25, 0.3) is 0 Å². The summed E-state index contributed by atoms with van der Waals surface area (Å²) in [5, 5.41) is 3.16. The fourth-order valence-electron chi connectivity index (χ4n) is 1.57. The topological polar surface area (TPSA) is 47.6 Å². The molecule has 1 aliphatic heterocycles. The molecule has 0 amide bonds. The Balaban J connectivity index is 2.20. The van der Waals surface area contributed by atoms with E-state index in [0.29, 0.717) is 19.8 Å². The first-order valence-electron chi connectivity index (χ1n) is 5.19. The highest BCUT2D eigenvalue weighted by atomic mass is 16.6. The Morgan fingerprint density at radius 3 is 2.86 bits per heavy atom. The lowest BCUT2D eigenvalue weighted by Crippen LogP contribution is -2.46. The molecule has 0 aliphatic carbocycles. The maximum Gasteiger partial charge on any atom is 0.326 e. The van der Waals surface area contributed by atoms with Crippen molar-refractivity contribution < 1.29 is 14.3 Å². The number of hydrogen-bond donors (Lipinski definition) is 1. The maximum absolute atomic E-state index is 11.6. The molecule has 14 heavy (non-hydrogen) atoms. The minimum Gasteiger partial charge on any atom is -0.462 e. The molecule has 1 aliphatic rings. The van der Waals surface area contributed by atoms with Crippen LogP contribution in [0.5, 0.6) is 0 Å². The lowest BCUT2D eigenvalue weighted by Gasteiger charge is -2.21. The average Bonchev–Trinajstić information content (AvgIpc) is 2.61. The molecule has 0 aromatic rings. The zero-order chi connectivity index (χ0) is 10.4. The molecule has 0 spiro atoms. The molecule has 1 unspecified atom stereocenters. The smallest absolute Gasteiger partial charge is 0.326 e. The first-order valence-corrected chi connectivity index (χ1v) is 5.19. The van der Waals surface area contributed by atoms with Crippen LogP contribution in [-0.2, 0) is 14.3 Å². The predicted molar refractivity (Wildman–Crippen MR) is 53.1 cm³/mol. The van der Waals surface area contributed by atoms with Crippen molar-refractivity contribution in [3.8, 4) is 0 Å². The minimum absolute atomic E-state index is 0.158. The number of hydrogen-bond acceptors (Lipinski definition) is 4. The van der Waals surface area contributed by atoms with Gasteiger partial charge < -0.3 is 14.8 Å². The lowest BCUT2D eigenvalue weighted by atomic mass is 10.0. The number of ether oxygens (including phenoxy) is 2. The zero-order valence-corrected chi connectivity index (χ0v) is 8.97. The van der Waals surface area contributed by atoms with Gasteiger partial charge in [0.2, 0.25) is 0 Å². The van der Waals surface area contributed by atoms with Gasteiger partial charge in [-0.2, -0.15) is 0 Å². The molecule has 4 nitrogen and oxygen atoms in total. The quantitative estimate of drug-likeness (QED) is 0.525. The van der Waals surface area contributed by atoms with Crippen LogP contribution < -0.4 is 5.32 Å². The summed E-state index contributed by atoms with van der Waals surface area (Å²) in [4.78, 5) is 11.6. The lowest BCUT2D eigenvalue weighted by molar-refractivity contribution is -0.151.